The molecule has 2 aromatic heterocycles. The van der Waals surface area contributed by atoms with Crippen molar-refractivity contribution >= 4 is 39.8 Å². The van der Waals surface area contributed by atoms with Crippen molar-refractivity contribution in [1.29, 1.82) is 0 Å². The van der Waals surface area contributed by atoms with Crippen molar-refractivity contribution < 1.29 is 19.0 Å². The number of fused-ring (bicyclic) bond motifs is 1. The molecule has 6 nitrogen and oxygen atoms in total. The van der Waals surface area contributed by atoms with Crippen LogP contribution in [0, 0.1) is 5.41 Å². The van der Waals surface area contributed by atoms with Gasteiger partial charge in [-0.3, -0.25) is 9.78 Å². The van der Waals surface area contributed by atoms with Crippen LogP contribution in [-0.2, 0) is 11.2 Å². The zero-order chi connectivity index (χ0) is 24.1. The molecule has 0 bridgehead atoms. The molecule has 4 rings (SSSR count). The predicted molar refractivity (Wildman–Crippen MR) is 133 cm³/mol. The molecule has 0 amide bonds. The predicted octanol–water partition coefficient (Wildman–Crippen LogP) is 5.94. The number of pyridine rings is 1. The normalized spacial score (nSPS) is 17.0. The molecule has 0 aliphatic carbocycles. The van der Waals surface area contributed by atoms with Gasteiger partial charge in [0.15, 0.2) is 0 Å². The summed E-state index contributed by atoms with van der Waals surface area (Å²) in [4.78, 5) is 23.2. The number of ether oxygens (including phenoxy) is 1. The summed E-state index contributed by atoms with van der Waals surface area (Å²) in [6, 6.07) is 5.27. The topological polar surface area (TPSA) is 75.6 Å². The average Bonchev–Trinajstić information content (AvgIpc) is 3.36. The summed E-state index contributed by atoms with van der Waals surface area (Å²) >= 11 is 8.01. The highest BCUT2D eigenvalue weighted by Crippen LogP contribution is 2.42. The minimum absolute atomic E-state index is 0.0897. The average molecular weight is 506 g/mol. The number of carbonyl (C=O) groups is 1. The van der Waals surface area contributed by atoms with Gasteiger partial charge in [0.2, 0.25) is 0 Å². The van der Waals surface area contributed by atoms with Crippen molar-refractivity contribution in [1.82, 2.24) is 14.9 Å². The lowest BCUT2D eigenvalue weighted by Gasteiger charge is -2.39. The Morgan fingerprint density at radius 1 is 1.35 bits per heavy atom. The number of thiazole rings is 1. The SMILES string of the molecule is COc1ccc2ncc(Cl)c([C@@H](F)CCC3(C(=O)O)CCN(CCCc4nccs4)CC3)c2c1. The lowest BCUT2D eigenvalue weighted by Crippen LogP contribution is -2.44. The Morgan fingerprint density at radius 2 is 2.15 bits per heavy atom. The second kappa shape index (κ2) is 11.0. The summed E-state index contributed by atoms with van der Waals surface area (Å²) in [7, 11) is 1.55. The number of likely N-dealkylation sites (tertiary alicyclic amines) is 1. The fourth-order valence-electron chi connectivity index (χ4n) is 4.77. The van der Waals surface area contributed by atoms with Gasteiger partial charge in [0.1, 0.15) is 11.9 Å². The van der Waals surface area contributed by atoms with Gasteiger partial charge in [0, 0.05) is 35.1 Å². The monoisotopic (exact) mass is 505 g/mol. The van der Waals surface area contributed by atoms with E-state index >= 15 is 4.39 Å². The van der Waals surface area contributed by atoms with E-state index in [2.05, 4.69) is 14.9 Å². The van der Waals surface area contributed by atoms with Crippen LogP contribution in [0.25, 0.3) is 10.9 Å². The Balaban J connectivity index is 1.39. The number of alkyl halides is 1. The van der Waals surface area contributed by atoms with E-state index in [4.69, 9.17) is 16.3 Å². The quantitative estimate of drug-likeness (QED) is 0.367. The Hall–Kier alpha value is -2.29. The number of aryl methyl sites for hydroxylation is 1. The van der Waals surface area contributed by atoms with Crippen molar-refractivity contribution in [3.05, 3.63) is 51.6 Å². The molecule has 0 spiro atoms. The van der Waals surface area contributed by atoms with Crippen LogP contribution in [0.15, 0.2) is 36.0 Å². The maximum Gasteiger partial charge on any atom is 0.309 e. The van der Waals surface area contributed by atoms with Crippen LogP contribution in [0.3, 0.4) is 0 Å². The van der Waals surface area contributed by atoms with Gasteiger partial charge in [-0.1, -0.05) is 11.6 Å². The van der Waals surface area contributed by atoms with Gasteiger partial charge in [-0.05, 0) is 69.9 Å². The van der Waals surface area contributed by atoms with E-state index in [1.165, 1.54) is 6.20 Å². The molecule has 1 fully saturated rings. The van der Waals surface area contributed by atoms with E-state index in [0.29, 0.717) is 48.1 Å². The minimum atomic E-state index is -1.39. The molecular formula is C25H29ClFN3O3S. The van der Waals surface area contributed by atoms with Gasteiger partial charge < -0.3 is 14.7 Å². The summed E-state index contributed by atoms with van der Waals surface area (Å²) in [5, 5.41) is 14.0. The van der Waals surface area contributed by atoms with Crippen molar-refractivity contribution in [2.75, 3.05) is 26.7 Å². The number of aromatic nitrogens is 2. The van der Waals surface area contributed by atoms with E-state index in [1.807, 2.05) is 11.6 Å². The molecule has 34 heavy (non-hydrogen) atoms. The molecule has 3 heterocycles. The van der Waals surface area contributed by atoms with Gasteiger partial charge in [0.25, 0.3) is 0 Å². The van der Waals surface area contributed by atoms with Crippen LogP contribution in [0.5, 0.6) is 5.75 Å². The van der Waals surface area contributed by atoms with Crippen LogP contribution >= 0.6 is 22.9 Å². The first-order valence-electron chi connectivity index (χ1n) is 11.5. The Morgan fingerprint density at radius 3 is 2.82 bits per heavy atom. The number of rotatable bonds is 10. The number of hydrogen-bond acceptors (Lipinski definition) is 6. The summed E-state index contributed by atoms with van der Waals surface area (Å²) in [5.74, 6) is -0.247. The third-order valence-corrected chi connectivity index (χ3v) is 8.01. The molecule has 1 aliphatic rings. The van der Waals surface area contributed by atoms with Gasteiger partial charge in [0.05, 0.1) is 28.1 Å². The lowest BCUT2D eigenvalue weighted by atomic mass is 9.74. The van der Waals surface area contributed by atoms with Crippen molar-refractivity contribution in [2.24, 2.45) is 5.41 Å². The number of aliphatic carboxylic acids is 1. The lowest BCUT2D eigenvalue weighted by molar-refractivity contribution is -0.153. The number of piperidine rings is 1. The molecule has 1 N–H and O–H groups in total. The second-order valence-electron chi connectivity index (χ2n) is 8.87. The third-order valence-electron chi connectivity index (χ3n) is 6.87. The number of benzene rings is 1. The first kappa shape index (κ1) is 24.8. The van der Waals surface area contributed by atoms with E-state index in [-0.39, 0.29) is 17.9 Å². The highest BCUT2D eigenvalue weighted by atomic mass is 35.5. The first-order valence-corrected chi connectivity index (χ1v) is 12.8. The molecule has 1 aromatic carbocycles. The maximum atomic E-state index is 15.6. The van der Waals surface area contributed by atoms with Crippen LogP contribution in [-0.4, -0.2) is 52.7 Å². The van der Waals surface area contributed by atoms with Gasteiger partial charge in [-0.2, -0.15) is 0 Å². The molecule has 1 atom stereocenters. The van der Waals surface area contributed by atoms with Gasteiger partial charge in [-0.15, -0.1) is 11.3 Å². The molecule has 0 unspecified atom stereocenters. The molecule has 1 saturated heterocycles. The Bertz CT molecular complexity index is 1120. The zero-order valence-electron chi connectivity index (χ0n) is 19.2. The number of carboxylic acids is 1. The number of hydrogen-bond donors (Lipinski definition) is 1. The molecule has 9 heteroatoms. The molecule has 182 valence electrons. The summed E-state index contributed by atoms with van der Waals surface area (Å²) in [6.45, 7) is 2.33. The third kappa shape index (κ3) is 5.50. The number of carboxylic acid groups (broad SMARTS) is 1. The highest BCUT2D eigenvalue weighted by Gasteiger charge is 2.41. The Kier molecular flexibility index (Phi) is 8.01. The number of methoxy groups -OCH3 is 1. The standard InChI is InChI=1S/C25H29ClFN3O3S/c1-33-17-4-5-21-18(15-17)23(19(26)16-29-21)20(27)6-7-25(24(31)32)8-12-30(13-9-25)11-2-3-22-28-10-14-34-22/h4-5,10,14-16,20H,2-3,6-9,11-13H2,1H3,(H,31,32)/t20-/m0/s1. The summed E-state index contributed by atoms with van der Waals surface area (Å²) in [5.41, 5.74) is 0.0657. The number of nitrogens with zero attached hydrogens (tertiary/aromatic N) is 3. The van der Waals surface area contributed by atoms with Crippen molar-refractivity contribution in [3.8, 4) is 5.75 Å². The minimum Gasteiger partial charge on any atom is -0.497 e. The van der Waals surface area contributed by atoms with Crippen LogP contribution in [0.1, 0.15) is 48.8 Å². The van der Waals surface area contributed by atoms with Crippen LogP contribution in [0.2, 0.25) is 5.02 Å². The molecule has 0 saturated carbocycles. The molecule has 1 aliphatic heterocycles. The van der Waals surface area contributed by atoms with Crippen molar-refractivity contribution in [3.63, 3.8) is 0 Å². The maximum absolute atomic E-state index is 15.6. The van der Waals surface area contributed by atoms with E-state index in [1.54, 1.807) is 36.6 Å². The zero-order valence-corrected chi connectivity index (χ0v) is 20.7. The van der Waals surface area contributed by atoms with Gasteiger partial charge in [-0.25, -0.2) is 9.37 Å². The first-order chi connectivity index (χ1) is 16.4. The smallest absolute Gasteiger partial charge is 0.309 e. The summed E-state index contributed by atoms with van der Waals surface area (Å²) in [6.07, 6.45) is 5.21. The fourth-order valence-corrected chi connectivity index (χ4v) is 5.70. The largest absolute Gasteiger partial charge is 0.497 e. The van der Waals surface area contributed by atoms with E-state index in [9.17, 15) is 9.90 Å². The highest BCUT2D eigenvalue weighted by molar-refractivity contribution is 7.09. The summed E-state index contributed by atoms with van der Waals surface area (Å²) < 4.78 is 20.8. The van der Waals surface area contributed by atoms with Crippen molar-refractivity contribution in [2.45, 2.75) is 44.7 Å². The van der Waals surface area contributed by atoms with E-state index < -0.39 is 17.6 Å². The second-order valence-corrected chi connectivity index (χ2v) is 10.3. The van der Waals surface area contributed by atoms with Crippen LogP contribution < -0.4 is 4.74 Å². The molecule has 3 aromatic rings. The van der Waals surface area contributed by atoms with Gasteiger partial charge >= 0.3 is 5.97 Å². The number of halogens is 2. The fraction of sp³-hybridized carbons (Fsp3) is 0.480. The van der Waals surface area contributed by atoms with Crippen LogP contribution in [0.4, 0.5) is 4.39 Å². The Labute approximate surface area is 207 Å². The molecule has 0 radical (unpaired) electrons. The molecular weight excluding hydrogens is 477 g/mol. The van der Waals surface area contributed by atoms with E-state index in [0.717, 1.165) is 24.4 Å².